The maximum absolute atomic E-state index is 8.14. The molecule has 0 bridgehead atoms. The molecule has 0 aliphatic carbocycles. The molecule has 0 radical (unpaired) electrons. The second-order valence-corrected chi connectivity index (χ2v) is 3.38. The quantitative estimate of drug-likeness (QED) is 0.462. The minimum Gasteiger partial charge on any atom is -0.252 e. The van der Waals surface area contributed by atoms with Crippen LogP contribution in [0.3, 0.4) is 0 Å². The third-order valence-corrected chi connectivity index (χ3v) is 1.87. The maximum atomic E-state index is 8.14. The molecular weight excluding hydrogens is 160 g/mol. The fourth-order valence-electron chi connectivity index (χ4n) is 0.990. The van der Waals surface area contributed by atoms with Crippen LogP contribution in [0.2, 0.25) is 0 Å². The summed E-state index contributed by atoms with van der Waals surface area (Å²) in [5, 5.41) is 16.3. The van der Waals surface area contributed by atoms with Crippen molar-refractivity contribution in [3.8, 4) is 0 Å². The highest BCUT2D eigenvalue weighted by atomic mass is 17.1. The summed E-state index contributed by atoms with van der Waals surface area (Å²) >= 11 is 0. The Hall–Kier alpha value is -0.160. The minimum absolute atomic E-state index is 0.344. The monoisotopic (exact) mass is 178 g/mol. The number of hydrogen-bond acceptors (Lipinski definition) is 4. The van der Waals surface area contributed by atoms with Crippen LogP contribution in [0.4, 0.5) is 0 Å². The van der Waals surface area contributed by atoms with E-state index in [0.717, 1.165) is 12.8 Å². The molecule has 2 atom stereocenters. The molecule has 4 heteroatoms. The predicted molar refractivity (Wildman–Crippen MR) is 44.7 cm³/mol. The molecule has 0 amide bonds. The van der Waals surface area contributed by atoms with Crippen molar-refractivity contribution in [2.45, 2.75) is 26.7 Å². The second kappa shape index (κ2) is 7.49. The number of rotatable bonds is 7. The summed E-state index contributed by atoms with van der Waals surface area (Å²) in [6, 6.07) is 0. The fourth-order valence-corrected chi connectivity index (χ4v) is 0.990. The highest BCUT2D eigenvalue weighted by Crippen LogP contribution is 2.12. The van der Waals surface area contributed by atoms with Gasteiger partial charge in [0.2, 0.25) is 0 Å². The zero-order valence-corrected chi connectivity index (χ0v) is 7.69. The van der Waals surface area contributed by atoms with Crippen LogP contribution in [0, 0.1) is 11.8 Å². The lowest BCUT2D eigenvalue weighted by atomic mass is 9.99. The van der Waals surface area contributed by atoms with Gasteiger partial charge in [-0.25, -0.2) is 9.78 Å². The Kier molecular flexibility index (Phi) is 7.39. The van der Waals surface area contributed by atoms with Crippen LogP contribution in [-0.2, 0) is 9.78 Å². The van der Waals surface area contributed by atoms with E-state index in [1.807, 2.05) is 13.8 Å². The minimum atomic E-state index is 0.344. The summed E-state index contributed by atoms with van der Waals surface area (Å²) in [6.45, 7) is 4.74. The Bertz CT molecular complexity index is 85.1. The van der Waals surface area contributed by atoms with E-state index in [-0.39, 0.29) is 0 Å². The Labute approximate surface area is 73.0 Å². The van der Waals surface area contributed by atoms with Gasteiger partial charge in [-0.2, -0.15) is 0 Å². The third-order valence-electron chi connectivity index (χ3n) is 1.87. The Morgan fingerprint density at radius 1 is 0.917 bits per heavy atom. The molecule has 0 heterocycles. The van der Waals surface area contributed by atoms with Crippen molar-refractivity contribution in [3.63, 3.8) is 0 Å². The van der Waals surface area contributed by atoms with Crippen LogP contribution < -0.4 is 0 Å². The molecule has 0 rings (SSSR count). The topological polar surface area (TPSA) is 58.9 Å². The van der Waals surface area contributed by atoms with Gasteiger partial charge in [0, 0.05) is 0 Å². The van der Waals surface area contributed by atoms with E-state index in [9.17, 15) is 0 Å². The summed E-state index contributed by atoms with van der Waals surface area (Å²) < 4.78 is 0. The molecule has 2 unspecified atom stereocenters. The Morgan fingerprint density at radius 3 is 1.50 bits per heavy atom. The fraction of sp³-hybridized carbons (Fsp3) is 1.00. The van der Waals surface area contributed by atoms with Crippen molar-refractivity contribution in [1.29, 1.82) is 0 Å². The van der Waals surface area contributed by atoms with E-state index in [2.05, 4.69) is 9.78 Å². The zero-order valence-electron chi connectivity index (χ0n) is 7.69. The van der Waals surface area contributed by atoms with Gasteiger partial charge < -0.3 is 0 Å². The first kappa shape index (κ1) is 11.8. The first-order valence-electron chi connectivity index (χ1n) is 4.23. The van der Waals surface area contributed by atoms with E-state index in [1.54, 1.807) is 0 Å². The molecule has 0 saturated carbocycles. The van der Waals surface area contributed by atoms with Gasteiger partial charge in [0.1, 0.15) is 0 Å². The van der Waals surface area contributed by atoms with Crippen LogP contribution in [0.5, 0.6) is 0 Å². The van der Waals surface area contributed by atoms with E-state index in [0.29, 0.717) is 25.0 Å². The Morgan fingerprint density at radius 2 is 1.25 bits per heavy atom. The van der Waals surface area contributed by atoms with Gasteiger partial charge in [-0.15, -0.1) is 0 Å². The van der Waals surface area contributed by atoms with Gasteiger partial charge in [0.05, 0.1) is 13.2 Å². The molecule has 0 aliphatic rings. The predicted octanol–water partition coefficient (Wildman–Crippen LogP) is 2.02. The standard InChI is InChI=1S/C8H18O4/c1-7(5-11-9)3-4-8(2)6-12-10/h7-10H,3-6H2,1-2H3. The van der Waals surface area contributed by atoms with Crippen molar-refractivity contribution in [3.05, 3.63) is 0 Å². The lowest BCUT2D eigenvalue weighted by Gasteiger charge is -2.12. The molecule has 0 fully saturated rings. The molecule has 0 spiro atoms. The molecule has 12 heavy (non-hydrogen) atoms. The third kappa shape index (κ3) is 6.54. The SMILES string of the molecule is CC(CCC(C)COO)COO. The van der Waals surface area contributed by atoms with Gasteiger partial charge >= 0.3 is 0 Å². The summed E-state index contributed by atoms with van der Waals surface area (Å²) in [7, 11) is 0. The highest BCUT2D eigenvalue weighted by Gasteiger charge is 2.06. The molecular formula is C8H18O4. The van der Waals surface area contributed by atoms with E-state index in [1.165, 1.54) is 0 Å². The van der Waals surface area contributed by atoms with Crippen LogP contribution >= 0.6 is 0 Å². The normalized spacial score (nSPS) is 16.0. The maximum Gasteiger partial charge on any atom is 0.0845 e. The van der Waals surface area contributed by atoms with Crippen LogP contribution in [-0.4, -0.2) is 23.7 Å². The van der Waals surface area contributed by atoms with Crippen molar-refractivity contribution >= 4 is 0 Å². The lowest BCUT2D eigenvalue weighted by molar-refractivity contribution is -0.253. The molecule has 4 nitrogen and oxygen atoms in total. The molecule has 0 aliphatic heterocycles. The van der Waals surface area contributed by atoms with E-state index in [4.69, 9.17) is 10.5 Å². The van der Waals surface area contributed by atoms with Crippen molar-refractivity contribution in [2.24, 2.45) is 11.8 Å². The lowest BCUT2D eigenvalue weighted by Crippen LogP contribution is -2.09. The first-order valence-corrected chi connectivity index (χ1v) is 4.23. The van der Waals surface area contributed by atoms with Crippen LogP contribution in [0.25, 0.3) is 0 Å². The summed E-state index contributed by atoms with van der Waals surface area (Å²) in [5.41, 5.74) is 0. The molecule has 2 N–H and O–H groups in total. The smallest absolute Gasteiger partial charge is 0.0845 e. The van der Waals surface area contributed by atoms with Gasteiger partial charge in [0.15, 0.2) is 0 Å². The second-order valence-electron chi connectivity index (χ2n) is 3.38. The molecule has 0 aromatic carbocycles. The summed E-state index contributed by atoms with van der Waals surface area (Å²) in [6.07, 6.45) is 1.93. The summed E-state index contributed by atoms with van der Waals surface area (Å²) in [5.74, 6) is 0.687. The van der Waals surface area contributed by atoms with Crippen molar-refractivity contribution < 1.29 is 20.3 Å². The van der Waals surface area contributed by atoms with Gasteiger partial charge in [-0.3, -0.25) is 10.5 Å². The molecule has 74 valence electrons. The van der Waals surface area contributed by atoms with Gasteiger partial charge in [-0.05, 0) is 24.7 Å². The number of hydrogen-bond donors (Lipinski definition) is 2. The Balaban J connectivity index is 3.27. The van der Waals surface area contributed by atoms with E-state index < -0.39 is 0 Å². The van der Waals surface area contributed by atoms with E-state index >= 15 is 0 Å². The highest BCUT2D eigenvalue weighted by molar-refractivity contribution is 4.56. The zero-order chi connectivity index (χ0) is 9.40. The molecule has 0 aromatic heterocycles. The first-order chi connectivity index (χ1) is 5.70. The van der Waals surface area contributed by atoms with Gasteiger partial charge in [-0.1, -0.05) is 13.8 Å². The van der Waals surface area contributed by atoms with Crippen LogP contribution in [0.15, 0.2) is 0 Å². The van der Waals surface area contributed by atoms with Gasteiger partial charge in [0.25, 0.3) is 0 Å². The van der Waals surface area contributed by atoms with Crippen LogP contribution in [0.1, 0.15) is 26.7 Å². The average molecular weight is 178 g/mol. The average Bonchev–Trinajstić information content (AvgIpc) is 2.02. The largest absolute Gasteiger partial charge is 0.252 e. The van der Waals surface area contributed by atoms with Crippen molar-refractivity contribution in [2.75, 3.05) is 13.2 Å². The van der Waals surface area contributed by atoms with Crippen molar-refractivity contribution in [1.82, 2.24) is 0 Å². The summed E-state index contributed by atoms with van der Waals surface area (Å²) in [4.78, 5) is 8.03. The molecule has 0 saturated heterocycles. The molecule has 0 aromatic rings.